The molecular weight excluding hydrogens is 344 g/mol. The summed E-state index contributed by atoms with van der Waals surface area (Å²) in [6.07, 6.45) is 4.17. The second kappa shape index (κ2) is 10.3. The van der Waals surface area contributed by atoms with Crippen LogP contribution in [0.1, 0.15) is 70.8 Å². The molecule has 1 atom stereocenters. The van der Waals surface area contributed by atoms with Gasteiger partial charge in [0.05, 0.1) is 39.1 Å². The van der Waals surface area contributed by atoms with Gasteiger partial charge in [0.15, 0.2) is 6.29 Å². The number of aliphatic hydroxyl groups excluding tert-OH is 1. The minimum atomic E-state index is -0.481. The standard InChI is InChI=1S/C22H36O5/c1-6-8-9-16(7-2)13-25-19-11-18(20(24-5)10-17(19)12-23)21-26-14-22(3,4)15-27-21/h10-11,16,21,23H,6-9,12-15H2,1-5H3. The number of methoxy groups -OCH3 is 1. The lowest BCUT2D eigenvalue weighted by Gasteiger charge is -2.35. The largest absolute Gasteiger partial charge is 0.496 e. The van der Waals surface area contributed by atoms with Gasteiger partial charge in [0.1, 0.15) is 11.5 Å². The van der Waals surface area contributed by atoms with Crippen LogP contribution in [-0.2, 0) is 16.1 Å². The highest BCUT2D eigenvalue weighted by atomic mass is 16.7. The molecule has 0 saturated carbocycles. The van der Waals surface area contributed by atoms with Crippen LogP contribution in [0.4, 0.5) is 0 Å². The van der Waals surface area contributed by atoms with Crippen molar-refractivity contribution in [3.05, 3.63) is 23.3 Å². The Kier molecular flexibility index (Phi) is 8.39. The lowest BCUT2D eigenvalue weighted by molar-refractivity contribution is -0.226. The fourth-order valence-electron chi connectivity index (χ4n) is 3.21. The van der Waals surface area contributed by atoms with E-state index in [0.717, 1.165) is 24.0 Å². The van der Waals surface area contributed by atoms with Crippen LogP contribution in [0.3, 0.4) is 0 Å². The Balaban J connectivity index is 2.18. The van der Waals surface area contributed by atoms with E-state index >= 15 is 0 Å². The van der Waals surface area contributed by atoms with Crippen molar-refractivity contribution in [2.75, 3.05) is 26.9 Å². The van der Waals surface area contributed by atoms with Crippen molar-refractivity contribution >= 4 is 0 Å². The number of aliphatic hydroxyl groups is 1. The topological polar surface area (TPSA) is 57.2 Å². The summed E-state index contributed by atoms with van der Waals surface area (Å²) in [4.78, 5) is 0. The van der Waals surface area contributed by atoms with Gasteiger partial charge in [-0.2, -0.15) is 0 Å². The van der Waals surface area contributed by atoms with Gasteiger partial charge in [0.2, 0.25) is 0 Å². The molecule has 1 aliphatic heterocycles. The minimum absolute atomic E-state index is 0.00172. The van der Waals surface area contributed by atoms with Crippen LogP contribution in [0.5, 0.6) is 11.5 Å². The molecule has 1 heterocycles. The molecule has 1 fully saturated rings. The lowest BCUT2D eigenvalue weighted by atomic mass is 9.95. The molecule has 0 bridgehead atoms. The van der Waals surface area contributed by atoms with E-state index in [2.05, 4.69) is 27.7 Å². The second-order valence-corrected chi connectivity index (χ2v) is 8.21. The van der Waals surface area contributed by atoms with E-state index in [1.807, 2.05) is 12.1 Å². The van der Waals surface area contributed by atoms with Crippen LogP contribution in [-0.4, -0.2) is 32.0 Å². The third-order valence-corrected chi connectivity index (χ3v) is 5.11. The highest BCUT2D eigenvalue weighted by molar-refractivity contribution is 5.47. The summed E-state index contributed by atoms with van der Waals surface area (Å²) in [5, 5.41) is 9.77. The van der Waals surface area contributed by atoms with Crippen LogP contribution in [0.2, 0.25) is 0 Å². The maximum absolute atomic E-state index is 9.77. The normalized spacial score (nSPS) is 18.3. The van der Waals surface area contributed by atoms with Crippen molar-refractivity contribution in [2.24, 2.45) is 11.3 Å². The number of rotatable bonds is 10. The summed E-state index contributed by atoms with van der Waals surface area (Å²) in [6, 6.07) is 3.73. The van der Waals surface area contributed by atoms with Crippen LogP contribution < -0.4 is 9.47 Å². The van der Waals surface area contributed by atoms with E-state index in [1.54, 1.807) is 7.11 Å². The van der Waals surface area contributed by atoms with Gasteiger partial charge < -0.3 is 24.1 Å². The average Bonchev–Trinajstić information content (AvgIpc) is 2.67. The predicted octanol–water partition coefficient (Wildman–Crippen LogP) is 4.85. The number of hydrogen-bond acceptors (Lipinski definition) is 5. The van der Waals surface area contributed by atoms with E-state index < -0.39 is 6.29 Å². The smallest absolute Gasteiger partial charge is 0.187 e. The summed E-state index contributed by atoms with van der Waals surface area (Å²) < 4.78 is 23.5. The molecule has 1 unspecified atom stereocenters. The van der Waals surface area contributed by atoms with Gasteiger partial charge in [-0.25, -0.2) is 0 Å². The van der Waals surface area contributed by atoms with Gasteiger partial charge >= 0.3 is 0 Å². The van der Waals surface area contributed by atoms with Crippen molar-refractivity contribution < 1.29 is 24.1 Å². The second-order valence-electron chi connectivity index (χ2n) is 8.21. The molecule has 154 valence electrons. The van der Waals surface area contributed by atoms with E-state index in [9.17, 15) is 5.11 Å². The quantitative estimate of drug-likeness (QED) is 0.628. The first-order chi connectivity index (χ1) is 12.9. The molecule has 1 aromatic rings. The van der Waals surface area contributed by atoms with Crippen molar-refractivity contribution in [3.63, 3.8) is 0 Å². The molecule has 1 aliphatic rings. The fraction of sp³-hybridized carbons (Fsp3) is 0.727. The number of ether oxygens (including phenoxy) is 4. The van der Waals surface area contributed by atoms with E-state index in [4.69, 9.17) is 18.9 Å². The Morgan fingerprint density at radius 2 is 1.89 bits per heavy atom. The van der Waals surface area contributed by atoms with E-state index in [-0.39, 0.29) is 12.0 Å². The van der Waals surface area contributed by atoms with Crippen LogP contribution in [0.15, 0.2) is 12.1 Å². The summed E-state index contributed by atoms with van der Waals surface area (Å²) in [6.45, 7) is 10.4. The maximum atomic E-state index is 9.77. The molecule has 5 heteroatoms. The van der Waals surface area contributed by atoms with Gasteiger partial charge in [0, 0.05) is 11.0 Å². The first-order valence-corrected chi connectivity index (χ1v) is 10.1. The first-order valence-electron chi connectivity index (χ1n) is 10.1. The van der Waals surface area contributed by atoms with Crippen LogP contribution >= 0.6 is 0 Å². The molecule has 0 aromatic heterocycles. The average molecular weight is 381 g/mol. The van der Waals surface area contributed by atoms with Crippen LogP contribution in [0.25, 0.3) is 0 Å². The summed E-state index contributed by atoms with van der Waals surface area (Å²) in [5.41, 5.74) is 1.53. The Labute approximate surface area is 164 Å². The molecule has 1 saturated heterocycles. The van der Waals surface area contributed by atoms with Gasteiger partial charge in [0.25, 0.3) is 0 Å². The number of benzene rings is 1. The Bertz CT molecular complexity index is 574. The number of hydrogen-bond donors (Lipinski definition) is 1. The van der Waals surface area contributed by atoms with Gasteiger partial charge in [-0.3, -0.25) is 0 Å². The molecule has 0 amide bonds. The molecule has 0 spiro atoms. The van der Waals surface area contributed by atoms with Gasteiger partial charge in [-0.05, 0) is 24.5 Å². The minimum Gasteiger partial charge on any atom is -0.496 e. The predicted molar refractivity (Wildman–Crippen MR) is 106 cm³/mol. The molecule has 1 aromatic carbocycles. The van der Waals surface area contributed by atoms with E-state index in [0.29, 0.717) is 37.2 Å². The molecule has 0 radical (unpaired) electrons. The monoisotopic (exact) mass is 380 g/mol. The Hall–Kier alpha value is -1.30. The fourth-order valence-corrected chi connectivity index (χ4v) is 3.21. The highest BCUT2D eigenvalue weighted by Crippen LogP contribution is 2.39. The maximum Gasteiger partial charge on any atom is 0.187 e. The third kappa shape index (κ3) is 6.09. The van der Waals surface area contributed by atoms with Gasteiger partial charge in [-0.15, -0.1) is 0 Å². The SMILES string of the molecule is CCCCC(CC)COc1cc(C2OCC(C)(C)CO2)c(OC)cc1CO. The molecule has 27 heavy (non-hydrogen) atoms. The van der Waals surface area contributed by atoms with Crippen molar-refractivity contribution in [3.8, 4) is 11.5 Å². The van der Waals surface area contributed by atoms with Crippen molar-refractivity contribution in [1.82, 2.24) is 0 Å². The highest BCUT2D eigenvalue weighted by Gasteiger charge is 2.31. The Morgan fingerprint density at radius 1 is 1.19 bits per heavy atom. The molecule has 0 aliphatic carbocycles. The van der Waals surface area contributed by atoms with Crippen molar-refractivity contribution in [2.45, 2.75) is 66.3 Å². The summed E-state index contributed by atoms with van der Waals surface area (Å²) >= 11 is 0. The molecule has 5 nitrogen and oxygen atoms in total. The van der Waals surface area contributed by atoms with Crippen molar-refractivity contribution in [1.29, 1.82) is 0 Å². The Morgan fingerprint density at radius 3 is 2.44 bits per heavy atom. The number of unbranched alkanes of at least 4 members (excludes halogenated alkanes) is 1. The zero-order valence-corrected chi connectivity index (χ0v) is 17.5. The third-order valence-electron chi connectivity index (χ3n) is 5.11. The van der Waals surface area contributed by atoms with Gasteiger partial charge in [-0.1, -0.05) is 47.0 Å². The lowest BCUT2D eigenvalue weighted by Crippen LogP contribution is -2.34. The molecule has 1 N–H and O–H groups in total. The summed E-state index contributed by atoms with van der Waals surface area (Å²) in [7, 11) is 1.62. The van der Waals surface area contributed by atoms with Crippen LogP contribution in [0, 0.1) is 11.3 Å². The first kappa shape index (κ1) is 22.0. The van der Waals surface area contributed by atoms with E-state index in [1.165, 1.54) is 12.8 Å². The molecular formula is C22H36O5. The summed E-state index contributed by atoms with van der Waals surface area (Å²) in [5.74, 6) is 1.85. The molecule has 2 rings (SSSR count). The zero-order chi connectivity index (χ0) is 19.9. The zero-order valence-electron chi connectivity index (χ0n) is 17.5.